The number of nitrogens with one attached hydrogen (secondary N) is 1. The van der Waals surface area contributed by atoms with Crippen LogP contribution in [0, 0.1) is 0 Å². The molecule has 1 aliphatic heterocycles. The first kappa shape index (κ1) is 23.4. The third kappa shape index (κ3) is 6.88. The van der Waals surface area contributed by atoms with Gasteiger partial charge in [-0.25, -0.2) is 4.99 Å². The molecule has 1 aliphatic carbocycles. The van der Waals surface area contributed by atoms with Crippen LogP contribution in [0.4, 0.5) is 0 Å². The molecule has 3 rings (SSSR count). The molecule has 0 unspecified atom stereocenters. The van der Waals surface area contributed by atoms with E-state index in [1.54, 1.807) is 30.3 Å². The number of rotatable bonds is 5. The Kier molecular flexibility index (Phi) is 10.0. The summed E-state index contributed by atoms with van der Waals surface area (Å²) in [6.45, 7) is 5.09. The zero-order valence-corrected chi connectivity index (χ0v) is 20.2. The lowest BCUT2D eigenvalue weighted by molar-refractivity contribution is -0.127. The van der Waals surface area contributed by atoms with Crippen LogP contribution < -0.4 is 5.32 Å². The summed E-state index contributed by atoms with van der Waals surface area (Å²) >= 11 is 1.74. The molecule has 2 heterocycles. The van der Waals surface area contributed by atoms with Gasteiger partial charge in [0.05, 0.1) is 6.54 Å². The van der Waals surface area contributed by atoms with Crippen molar-refractivity contribution in [2.24, 2.45) is 4.99 Å². The van der Waals surface area contributed by atoms with Gasteiger partial charge in [-0.3, -0.25) is 9.69 Å². The van der Waals surface area contributed by atoms with Crippen molar-refractivity contribution >= 4 is 47.2 Å². The zero-order valence-electron chi connectivity index (χ0n) is 17.1. The molecule has 2 aliphatic rings. The lowest BCUT2D eigenvalue weighted by Crippen LogP contribution is -2.55. The second kappa shape index (κ2) is 12.0. The Balaban J connectivity index is 0.00000280. The molecule has 8 heteroatoms. The summed E-state index contributed by atoms with van der Waals surface area (Å²) in [5.41, 5.74) is 0. The number of hydrogen-bond donors (Lipinski definition) is 1. The molecule has 1 saturated heterocycles. The molecule has 6 nitrogen and oxygen atoms in total. The van der Waals surface area contributed by atoms with Crippen LogP contribution in [0.1, 0.15) is 37.0 Å². The molecule has 1 saturated carbocycles. The van der Waals surface area contributed by atoms with Gasteiger partial charge < -0.3 is 15.1 Å². The lowest BCUT2D eigenvalue weighted by atomic mass is 9.94. The number of amides is 1. The summed E-state index contributed by atoms with van der Waals surface area (Å²) in [6, 6.07) is 4.97. The second-order valence-corrected chi connectivity index (χ2v) is 8.71. The minimum atomic E-state index is 0. The maximum atomic E-state index is 12.0. The average Bonchev–Trinajstić information content (AvgIpc) is 3.22. The lowest BCUT2D eigenvalue weighted by Gasteiger charge is -2.41. The molecule has 0 aromatic carbocycles. The molecule has 1 N–H and O–H groups in total. The minimum absolute atomic E-state index is 0. The predicted molar refractivity (Wildman–Crippen MR) is 128 cm³/mol. The summed E-state index contributed by atoms with van der Waals surface area (Å²) in [4.78, 5) is 24.5. The molecule has 158 valence electrons. The van der Waals surface area contributed by atoms with Crippen LogP contribution >= 0.6 is 35.3 Å². The van der Waals surface area contributed by atoms with Gasteiger partial charge >= 0.3 is 0 Å². The van der Waals surface area contributed by atoms with Gasteiger partial charge in [0, 0.05) is 51.2 Å². The summed E-state index contributed by atoms with van der Waals surface area (Å²) in [5.74, 6) is 0.896. The van der Waals surface area contributed by atoms with Crippen LogP contribution in [0.3, 0.4) is 0 Å². The summed E-state index contributed by atoms with van der Waals surface area (Å²) < 4.78 is 0. The van der Waals surface area contributed by atoms with Crippen molar-refractivity contribution in [1.82, 2.24) is 20.0 Å². The highest BCUT2D eigenvalue weighted by atomic mass is 127. The van der Waals surface area contributed by atoms with Crippen molar-refractivity contribution in [3.05, 3.63) is 22.4 Å². The van der Waals surface area contributed by atoms with E-state index in [2.05, 4.69) is 37.6 Å². The largest absolute Gasteiger partial charge is 0.351 e. The third-order valence-corrected chi connectivity index (χ3v) is 6.44. The molecule has 1 aromatic rings. The highest BCUT2D eigenvalue weighted by molar-refractivity contribution is 14.0. The highest BCUT2D eigenvalue weighted by Gasteiger charge is 2.26. The molecule has 28 heavy (non-hydrogen) atoms. The van der Waals surface area contributed by atoms with Crippen molar-refractivity contribution in [3.63, 3.8) is 0 Å². The number of likely N-dealkylation sites (N-methyl/N-ethyl adjacent to an activating group) is 1. The van der Waals surface area contributed by atoms with Gasteiger partial charge in [0.15, 0.2) is 5.96 Å². The first-order chi connectivity index (χ1) is 13.1. The first-order valence-corrected chi connectivity index (χ1v) is 11.0. The van der Waals surface area contributed by atoms with Gasteiger partial charge in [0.2, 0.25) is 5.91 Å². The summed E-state index contributed by atoms with van der Waals surface area (Å²) in [5, 5.41) is 5.57. The topological polar surface area (TPSA) is 51.2 Å². The number of carbonyl (C=O) groups is 1. The predicted octanol–water partition coefficient (Wildman–Crippen LogP) is 2.85. The zero-order chi connectivity index (χ0) is 19.1. The van der Waals surface area contributed by atoms with Crippen molar-refractivity contribution in [2.75, 3.05) is 46.8 Å². The van der Waals surface area contributed by atoms with Crippen molar-refractivity contribution in [2.45, 2.75) is 44.7 Å². The molecule has 0 radical (unpaired) electrons. The number of nitrogens with zero attached hydrogens (tertiary/aromatic N) is 4. The molecular formula is C20H34IN5OS. The van der Waals surface area contributed by atoms with Gasteiger partial charge in [0.1, 0.15) is 6.54 Å². The number of guanidine groups is 1. The number of aliphatic imine (C=N–C) groups is 1. The average molecular weight is 519 g/mol. The maximum Gasteiger partial charge on any atom is 0.243 e. The Morgan fingerprint density at radius 1 is 1.21 bits per heavy atom. The fourth-order valence-corrected chi connectivity index (χ4v) is 4.52. The SMILES string of the molecule is CN(C)C(=O)CN=C(NCc1cccs1)N1CCN(C2CCCCC2)CC1.I. The van der Waals surface area contributed by atoms with Gasteiger partial charge in [-0.1, -0.05) is 25.3 Å². The standard InChI is InChI=1S/C20H33N5OS.HI/c1-23(2)19(26)16-22-20(21-15-18-9-6-14-27-18)25-12-10-24(11-13-25)17-7-4-3-5-8-17;/h6,9,14,17H,3-5,7-8,10-13,15-16H2,1-2H3,(H,21,22);1H. The van der Waals surface area contributed by atoms with E-state index in [1.165, 1.54) is 37.0 Å². The Bertz CT molecular complexity index is 608. The van der Waals surface area contributed by atoms with Crippen LogP contribution in [0.2, 0.25) is 0 Å². The first-order valence-electron chi connectivity index (χ1n) is 10.1. The monoisotopic (exact) mass is 519 g/mol. The highest BCUT2D eigenvalue weighted by Crippen LogP contribution is 2.23. The van der Waals surface area contributed by atoms with E-state index in [9.17, 15) is 4.79 Å². The van der Waals surface area contributed by atoms with Crippen LogP contribution in [0.25, 0.3) is 0 Å². The van der Waals surface area contributed by atoms with E-state index < -0.39 is 0 Å². The number of hydrogen-bond acceptors (Lipinski definition) is 4. The van der Waals surface area contributed by atoms with Gasteiger partial charge in [-0.15, -0.1) is 35.3 Å². The van der Waals surface area contributed by atoms with Crippen LogP contribution in [0.5, 0.6) is 0 Å². The Morgan fingerprint density at radius 3 is 2.54 bits per heavy atom. The van der Waals surface area contributed by atoms with E-state index in [0.717, 1.165) is 44.7 Å². The van der Waals surface area contributed by atoms with Crippen LogP contribution in [-0.4, -0.2) is 79.4 Å². The van der Waals surface area contributed by atoms with E-state index in [1.807, 2.05) is 0 Å². The molecule has 0 spiro atoms. The normalized spacial score (nSPS) is 19.2. The molecule has 2 fully saturated rings. The number of thiophene rings is 1. The van der Waals surface area contributed by atoms with Crippen molar-refractivity contribution in [3.8, 4) is 0 Å². The molecular weight excluding hydrogens is 485 g/mol. The Hall–Kier alpha value is -0.870. The number of halogens is 1. The fourth-order valence-electron chi connectivity index (χ4n) is 3.88. The molecule has 0 atom stereocenters. The molecule has 1 aromatic heterocycles. The quantitative estimate of drug-likeness (QED) is 0.370. The Labute approximate surface area is 190 Å². The number of carbonyl (C=O) groups excluding carboxylic acids is 1. The van der Waals surface area contributed by atoms with E-state index in [-0.39, 0.29) is 36.4 Å². The smallest absolute Gasteiger partial charge is 0.243 e. The van der Waals surface area contributed by atoms with Gasteiger partial charge in [0.25, 0.3) is 0 Å². The van der Waals surface area contributed by atoms with E-state index in [0.29, 0.717) is 0 Å². The summed E-state index contributed by atoms with van der Waals surface area (Å²) in [7, 11) is 3.55. The third-order valence-electron chi connectivity index (χ3n) is 5.57. The number of piperazine rings is 1. The molecule has 0 bridgehead atoms. The van der Waals surface area contributed by atoms with Gasteiger partial charge in [-0.2, -0.15) is 0 Å². The summed E-state index contributed by atoms with van der Waals surface area (Å²) in [6.07, 6.45) is 6.88. The van der Waals surface area contributed by atoms with Crippen LogP contribution in [-0.2, 0) is 11.3 Å². The maximum absolute atomic E-state index is 12.0. The van der Waals surface area contributed by atoms with Gasteiger partial charge in [-0.05, 0) is 24.3 Å². The Morgan fingerprint density at radius 2 is 1.93 bits per heavy atom. The van der Waals surface area contributed by atoms with Crippen LogP contribution in [0.15, 0.2) is 22.5 Å². The van der Waals surface area contributed by atoms with Crippen molar-refractivity contribution in [1.29, 1.82) is 0 Å². The second-order valence-electron chi connectivity index (χ2n) is 7.68. The molecule has 1 amide bonds. The fraction of sp³-hybridized carbons (Fsp3) is 0.700. The minimum Gasteiger partial charge on any atom is -0.351 e. The van der Waals surface area contributed by atoms with E-state index >= 15 is 0 Å². The van der Waals surface area contributed by atoms with E-state index in [4.69, 9.17) is 0 Å². The van der Waals surface area contributed by atoms with Crippen molar-refractivity contribution < 1.29 is 4.79 Å².